The van der Waals surface area contributed by atoms with Crippen molar-refractivity contribution in [2.75, 3.05) is 0 Å². The molecule has 1 heteroatoms. The lowest BCUT2D eigenvalue weighted by Gasteiger charge is -2.06. The van der Waals surface area contributed by atoms with E-state index in [-0.39, 0.29) is 0 Å². The Balaban J connectivity index is 1.76. The highest BCUT2D eigenvalue weighted by molar-refractivity contribution is 6.05. The molecule has 1 nitrogen and oxygen atoms in total. The first-order valence-corrected chi connectivity index (χ1v) is 6.34. The van der Waals surface area contributed by atoms with Gasteiger partial charge in [-0.3, -0.25) is 4.99 Å². The summed E-state index contributed by atoms with van der Waals surface area (Å²) in [4.78, 5) is 4.78. The number of rotatable bonds is 2. The van der Waals surface area contributed by atoms with Gasteiger partial charge in [0.15, 0.2) is 0 Å². The Kier molecular flexibility index (Phi) is 2.68. The van der Waals surface area contributed by atoms with Crippen LogP contribution in [0, 0.1) is 0 Å². The average Bonchev–Trinajstić information content (AvgIpc) is 2.98. The van der Waals surface area contributed by atoms with Crippen LogP contribution >= 0.6 is 0 Å². The molecule has 0 spiro atoms. The van der Waals surface area contributed by atoms with Crippen LogP contribution in [-0.2, 0) is 0 Å². The van der Waals surface area contributed by atoms with E-state index in [1.54, 1.807) is 0 Å². The minimum absolute atomic E-state index is 0.988. The van der Waals surface area contributed by atoms with Gasteiger partial charge in [0.05, 0.1) is 11.4 Å². The van der Waals surface area contributed by atoms with Gasteiger partial charge in [0.2, 0.25) is 0 Å². The van der Waals surface area contributed by atoms with Crippen LogP contribution in [0.2, 0.25) is 0 Å². The van der Waals surface area contributed by atoms with E-state index in [0.717, 1.165) is 19.3 Å². The molecule has 0 aromatic carbocycles. The van der Waals surface area contributed by atoms with Crippen LogP contribution in [0.25, 0.3) is 0 Å². The van der Waals surface area contributed by atoms with Crippen LogP contribution < -0.4 is 0 Å². The summed E-state index contributed by atoms with van der Waals surface area (Å²) in [5.74, 6) is 0. The summed E-state index contributed by atoms with van der Waals surface area (Å²) in [5.41, 5.74) is 6.55. The molecule has 0 atom stereocenters. The summed E-state index contributed by atoms with van der Waals surface area (Å²) in [7, 11) is 0. The lowest BCUT2D eigenvalue weighted by Crippen LogP contribution is -1.98. The molecule has 0 unspecified atom stereocenters. The van der Waals surface area contributed by atoms with Crippen LogP contribution in [0.4, 0.5) is 0 Å². The third kappa shape index (κ3) is 2.10. The Hall–Kier alpha value is -1.63. The van der Waals surface area contributed by atoms with E-state index in [1.807, 2.05) is 0 Å². The molecule has 3 aliphatic rings. The van der Waals surface area contributed by atoms with E-state index < -0.39 is 0 Å². The van der Waals surface area contributed by atoms with Gasteiger partial charge in [-0.2, -0.15) is 0 Å². The first-order valence-electron chi connectivity index (χ1n) is 6.34. The minimum Gasteiger partial charge on any atom is -0.253 e. The highest BCUT2D eigenvalue weighted by Crippen LogP contribution is 2.30. The van der Waals surface area contributed by atoms with Crippen LogP contribution in [0.5, 0.6) is 0 Å². The molecule has 17 heavy (non-hydrogen) atoms. The lowest BCUT2D eigenvalue weighted by molar-refractivity contribution is 1.03. The van der Waals surface area contributed by atoms with Gasteiger partial charge >= 0.3 is 0 Å². The Labute approximate surface area is 103 Å². The SMILES string of the molecule is CC1=CC=C(C2=CCC(C3=CCCC=C3)=N2)C1. The standard InChI is InChI=1S/C16H17N/c1-12-7-8-14(11-12)16-10-9-15(17-16)13-5-3-2-4-6-13/h3,5-8,10H,2,4,9,11H2,1H3. The fraction of sp³-hybridized carbons (Fsp3) is 0.312. The summed E-state index contributed by atoms with van der Waals surface area (Å²) in [5, 5.41) is 0. The maximum atomic E-state index is 4.78. The lowest BCUT2D eigenvalue weighted by atomic mass is 10.0. The second kappa shape index (κ2) is 4.33. The fourth-order valence-corrected chi connectivity index (χ4v) is 2.48. The van der Waals surface area contributed by atoms with Gasteiger partial charge in [0.1, 0.15) is 0 Å². The molecule has 3 rings (SSSR count). The van der Waals surface area contributed by atoms with Crippen molar-refractivity contribution in [3.63, 3.8) is 0 Å². The van der Waals surface area contributed by atoms with Crippen molar-refractivity contribution < 1.29 is 0 Å². The monoisotopic (exact) mass is 223 g/mol. The Bertz CT molecular complexity index is 522. The number of allylic oxidation sites excluding steroid dienone is 9. The molecule has 0 aromatic heterocycles. The predicted molar refractivity (Wildman–Crippen MR) is 73.0 cm³/mol. The van der Waals surface area contributed by atoms with E-state index >= 15 is 0 Å². The summed E-state index contributed by atoms with van der Waals surface area (Å²) >= 11 is 0. The van der Waals surface area contributed by atoms with Crippen molar-refractivity contribution in [2.45, 2.75) is 32.6 Å². The molecule has 2 aliphatic carbocycles. The molecule has 1 aliphatic heterocycles. The van der Waals surface area contributed by atoms with Crippen LogP contribution in [0.3, 0.4) is 0 Å². The quantitative estimate of drug-likeness (QED) is 0.663. The van der Waals surface area contributed by atoms with Crippen LogP contribution in [0.1, 0.15) is 32.6 Å². The average molecular weight is 223 g/mol. The van der Waals surface area contributed by atoms with Gasteiger partial charge < -0.3 is 0 Å². The molecular weight excluding hydrogens is 206 g/mol. The van der Waals surface area contributed by atoms with Gasteiger partial charge in [0.25, 0.3) is 0 Å². The first kappa shape index (κ1) is 10.5. The second-order valence-electron chi connectivity index (χ2n) is 4.87. The minimum atomic E-state index is 0.988. The zero-order chi connectivity index (χ0) is 11.7. The van der Waals surface area contributed by atoms with Crippen molar-refractivity contribution >= 4 is 5.71 Å². The highest BCUT2D eigenvalue weighted by atomic mass is 14.8. The zero-order valence-corrected chi connectivity index (χ0v) is 10.2. The molecule has 1 heterocycles. The van der Waals surface area contributed by atoms with Gasteiger partial charge in [-0.25, -0.2) is 0 Å². The normalized spacial score (nSPS) is 23.0. The van der Waals surface area contributed by atoms with Gasteiger partial charge in [0, 0.05) is 6.42 Å². The molecule has 0 amide bonds. The summed E-state index contributed by atoms with van der Waals surface area (Å²) < 4.78 is 0. The van der Waals surface area contributed by atoms with Crippen molar-refractivity contribution in [3.8, 4) is 0 Å². The van der Waals surface area contributed by atoms with E-state index in [0.29, 0.717) is 0 Å². The van der Waals surface area contributed by atoms with Gasteiger partial charge in [-0.05, 0) is 37.3 Å². The van der Waals surface area contributed by atoms with Crippen molar-refractivity contribution in [2.24, 2.45) is 4.99 Å². The molecular formula is C16H17N. The molecule has 0 saturated heterocycles. The van der Waals surface area contributed by atoms with Gasteiger partial charge in [-0.1, -0.05) is 42.0 Å². The zero-order valence-electron chi connectivity index (χ0n) is 10.2. The third-order valence-electron chi connectivity index (χ3n) is 3.44. The van der Waals surface area contributed by atoms with Gasteiger partial charge in [-0.15, -0.1) is 0 Å². The Morgan fingerprint density at radius 3 is 2.76 bits per heavy atom. The first-order chi connectivity index (χ1) is 8.33. The van der Waals surface area contributed by atoms with Crippen LogP contribution in [-0.4, -0.2) is 5.71 Å². The molecule has 0 N–H and O–H groups in total. The number of nitrogens with zero attached hydrogens (tertiary/aromatic N) is 1. The summed E-state index contributed by atoms with van der Waals surface area (Å²) in [6.45, 7) is 2.18. The molecule has 0 aromatic rings. The summed E-state index contributed by atoms with van der Waals surface area (Å²) in [6, 6.07) is 0. The smallest absolute Gasteiger partial charge is 0.0632 e. The summed E-state index contributed by atoms with van der Waals surface area (Å²) in [6.07, 6.45) is 17.8. The predicted octanol–water partition coefficient (Wildman–Crippen LogP) is 4.27. The molecule has 86 valence electrons. The van der Waals surface area contributed by atoms with Crippen LogP contribution in [0.15, 0.2) is 63.9 Å². The third-order valence-corrected chi connectivity index (χ3v) is 3.44. The fourth-order valence-electron chi connectivity index (χ4n) is 2.48. The van der Waals surface area contributed by atoms with E-state index in [4.69, 9.17) is 4.99 Å². The number of hydrogen-bond acceptors (Lipinski definition) is 1. The largest absolute Gasteiger partial charge is 0.253 e. The van der Waals surface area contributed by atoms with E-state index in [9.17, 15) is 0 Å². The van der Waals surface area contributed by atoms with Crippen molar-refractivity contribution in [1.29, 1.82) is 0 Å². The second-order valence-corrected chi connectivity index (χ2v) is 4.87. The van der Waals surface area contributed by atoms with Crippen molar-refractivity contribution in [1.82, 2.24) is 0 Å². The molecule has 0 radical (unpaired) electrons. The Morgan fingerprint density at radius 1 is 1.12 bits per heavy atom. The highest BCUT2D eigenvalue weighted by Gasteiger charge is 2.16. The molecule has 0 fully saturated rings. The Morgan fingerprint density at radius 2 is 2.06 bits per heavy atom. The topological polar surface area (TPSA) is 12.4 Å². The maximum absolute atomic E-state index is 4.78. The van der Waals surface area contributed by atoms with Crippen molar-refractivity contribution in [3.05, 3.63) is 58.9 Å². The van der Waals surface area contributed by atoms with E-state index in [1.165, 1.54) is 34.5 Å². The maximum Gasteiger partial charge on any atom is 0.0632 e. The number of aliphatic imine (C=N–C) groups is 1. The molecule has 0 bridgehead atoms. The van der Waals surface area contributed by atoms with E-state index in [2.05, 4.69) is 43.4 Å². The number of hydrogen-bond donors (Lipinski definition) is 0. The molecule has 0 saturated carbocycles.